The summed E-state index contributed by atoms with van der Waals surface area (Å²) in [6.07, 6.45) is 1.87. The van der Waals surface area contributed by atoms with Crippen molar-refractivity contribution in [2.24, 2.45) is 0 Å². The van der Waals surface area contributed by atoms with Crippen LogP contribution in [0.5, 0.6) is 0 Å². The molecule has 0 aliphatic heterocycles. The van der Waals surface area contributed by atoms with Gasteiger partial charge in [0, 0.05) is 18.8 Å². The number of anilines is 1. The molecule has 1 rings (SSSR count). The van der Waals surface area contributed by atoms with Gasteiger partial charge in [-0.25, -0.2) is 13.1 Å². The van der Waals surface area contributed by atoms with E-state index in [0.717, 1.165) is 0 Å². The quantitative estimate of drug-likeness (QED) is 0.642. The third-order valence-electron chi connectivity index (χ3n) is 2.40. The van der Waals surface area contributed by atoms with Crippen molar-refractivity contribution in [2.45, 2.75) is 37.8 Å². The molecule has 8 heteroatoms. The summed E-state index contributed by atoms with van der Waals surface area (Å²) < 4.78 is 27.7. The number of aromatic nitrogens is 2. The van der Waals surface area contributed by atoms with Crippen LogP contribution >= 0.6 is 0 Å². The highest BCUT2D eigenvalue weighted by molar-refractivity contribution is 7.89. The van der Waals surface area contributed by atoms with E-state index in [1.165, 1.54) is 10.9 Å². The van der Waals surface area contributed by atoms with Crippen LogP contribution in [0.25, 0.3) is 0 Å². The monoisotopic (exact) mass is 262 g/mol. The van der Waals surface area contributed by atoms with Crippen LogP contribution < -0.4 is 10.5 Å². The van der Waals surface area contributed by atoms with Gasteiger partial charge in [0.1, 0.15) is 4.90 Å². The highest BCUT2D eigenvalue weighted by atomic mass is 32.2. The van der Waals surface area contributed by atoms with Crippen molar-refractivity contribution in [1.29, 1.82) is 0 Å². The Kier molecular flexibility index (Phi) is 4.49. The Morgan fingerprint density at radius 1 is 1.59 bits per heavy atom. The molecule has 1 atom stereocenters. The van der Waals surface area contributed by atoms with Crippen LogP contribution in [0.15, 0.2) is 11.1 Å². The highest BCUT2D eigenvalue weighted by Gasteiger charge is 2.23. The van der Waals surface area contributed by atoms with Gasteiger partial charge >= 0.3 is 0 Å². The van der Waals surface area contributed by atoms with E-state index in [1.807, 2.05) is 6.92 Å². The first-order chi connectivity index (χ1) is 7.94. The highest BCUT2D eigenvalue weighted by Crippen LogP contribution is 2.16. The summed E-state index contributed by atoms with van der Waals surface area (Å²) in [6, 6.07) is -0.510. The van der Waals surface area contributed by atoms with Crippen molar-refractivity contribution in [3.8, 4) is 0 Å². The van der Waals surface area contributed by atoms with Crippen LogP contribution in [0.2, 0.25) is 0 Å². The number of nitrogens with one attached hydrogen (secondary N) is 1. The molecule has 0 aromatic carbocycles. The lowest BCUT2D eigenvalue weighted by Gasteiger charge is -2.13. The number of nitrogens with two attached hydrogens (primary N) is 1. The molecule has 7 nitrogen and oxygen atoms in total. The number of nitrogen functional groups attached to an aromatic ring is 1. The van der Waals surface area contributed by atoms with Gasteiger partial charge < -0.3 is 10.8 Å². The molecular formula is C9H18N4O3S. The molecule has 98 valence electrons. The van der Waals surface area contributed by atoms with Crippen LogP contribution in [0.1, 0.15) is 20.3 Å². The summed E-state index contributed by atoms with van der Waals surface area (Å²) in [4.78, 5) is -0.0498. The van der Waals surface area contributed by atoms with Crippen molar-refractivity contribution in [3.63, 3.8) is 0 Å². The number of hydrogen-bond acceptors (Lipinski definition) is 5. The van der Waals surface area contributed by atoms with Gasteiger partial charge in [-0.05, 0) is 13.3 Å². The number of sulfonamides is 1. The molecule has 0 fully saturated rings. The van der Waals surface area contributed by atoms with Crippen molar-refractivity contribution in [2.75, 3.05) is 12.3 Å². The first-order valence-electron chi connectivity index (χ1n) is 5.40. The van der Waals surface area contributed by atoms with Crippen LogP contribution in [0.4, 0.5) is 5.82 Å². The molecule has 1 unspecified atom stereocenters. The molecule has 0 bridgehead atoms. The van der Waals surface area contributed by atoms with E-state index in [9.17, 15) is 8.42 Å². The van der Waals surface area contributed by atoms with Crippen LogP contribution in [-0.2, 0) is 16.6 Å². The van der Waals surface area contributed by atoms with Crippen molar-refractivity contribution in [3.05, 3.63) is 6.20 Å². The van der Waals surface area contributed by atoms with Crippen molar-refractivity contribution >= 4 is 15.8 Å². The maximum absolute atomic E-state index is 12.0. The summed E-state index contributed by atoms with van der Waals surface area (Å²) in [5.74, 6) is -0.0351. The average molecular weight is 262 g/mol. The number of aliphatic hydroxyl groups excluding tert-OH is 1. The van der Waals surface area contributed by atoms with Gasteiger partial charge in [-0.1, -0.05) is 6.92 Å². The average Bonchev–Trinajstić information content (AvgIpc) is 2.68. The summed E-state index contributed by atoms with van der Waals surface area (Å²) in [5, 5.41) is 12.8. The molecule has 4 N–H and O–H groups in total. The van der Waals surface area contributed by atoms with Crippen LogP contribution in [-0.4, -0.2) is 36.0 Å². The minimum atomic E-state index is -3.72. The number of hydrogen-bond donors (Lipinski definition) is 3. The molecule has 1 heterocycles. The molecule has 0 aliphatic rings. The summed E-state index contributed by atoms with van der Waals surface area (Å²) >= 11 is 0. The van der Waals surface area contributed by atoms with Gasteiger partial charge in [0.15, 0.2) is 5.82 Å². The topological polar surface area (TPSA) is 110 Å². The van der Waals surface area contributed by atoms with E-state index >= 15 is 0 Å². The fraction of sp³-hybridized carbons (Fsp3) is 0.667. The van der Waals surface area contributed by atoms with E-state index in [2.05, 4.69) is 9.82 Å². The van der Waals surface area contributed by atoms with E-state index in [-0.39, 0.29) is 17.3 Å². The lowest BCUT2D eigenvalue weighted by Crippen LogP contribution is -2.37. The smallest absolute Gasteiger partial charge is 0.246 e. The number of aryl methyl sites for hydroxylation is 1. The zero-order valence-corrected chi connectivity index (χ0v) is 10.7. The number of aliphatic hydroxyl groups is 1. The zero-order chi connectivity index (χ0) is 13.1. The lowest BCUT2D eigenvalue weighted by atomic mass is 10.3. The molecule has 0 saturated carbocycles. The van der Waals surface area contributed by atoms with Gasteiger partial charge in [-0.2, -0.15) is 5.10 Å². The Morgan fingerprint density at radius 2 is 2.24 bits per heavy atom. The standard InChI is InChI=1S/C9H18N4O3S/c1-3-7(6-14)12-17(15,16)8-5-13(4-2)11-9(8)10/h5,7,12,14H,3-4,6H2,1-2H3,(H2,10,11). The first kappa shape index (κ1) is 13.9. The summed E-state index contributed by atoms with van der Waals surface area (Å²) in [6.45, 7) is 3.90. The predicted octanol–water partition coefficient (Wildman–Crippen LogP) is -0.466. The molecule has 0 aliphatic carbocycles. The van der Waals surface area contributed by atoms with E-state index in [4.69, 9.17) is 10.8 Å². The Hall–Kier alpha value is -1.12. The largest absolute Gasteiger partial charge is 0.395 e. The second-order valence-electron chi connectivity index (χ2n) is 3.64. The van der Waals surface area contributed by atoms with Gasteiger partial charge in [-0.3, -0.25) is 4.68 Å². The molecular weight excluding hydrogens is 244 g/mol. The Balaban J connectivity index is 3.00. The zero-order valence-electron chi connectivity index (χ0n) is 9.92. The minimum absolute atomic E-state index is 0.0351. The Labute approximate surface area is 101 Å². The van der Waals surface area contributed by atoms with Gasteiger partial charge in [0.05, 0.1) is 6.61 Å². The van der Waals surface area contributed by atoms with Crippen LogP contribution in [0.3, 0.4) is 0 Å². The fourth-order valence-electron chi connectivity index (χ4n) is 1.32. The first-order valence-corrected chi connectivity index (χ1v) is 6.89. The second kappa shape index (κ2) is 5.48. The Bertz CT molecular complexity index is 465. The van der Waals surface area contributed by atoms with E-state index < -0.39 is 16.1 Å². The van der Waals surface area contributed by atoms with Gasteiger partial charge in [-0.15, -0.1) is 0 Å². The van der Waals surface area contributed by atoms with Crippen LogP contribution in [0, 0.1) is 0 Å². The summed E-state index contributed by atoms with van der Waals surface area (Å²) in [5.41, 5.74) is 5.55. The maximum atomic E-state index is 12.0. The maximum Gasteiger partial charge on any atom is 0.246 e. The molecule has 0 saturated heterocycles. The number of rotatable bonds is 6. The second-order valence-corrected chi connectivity index (χ2v) is 5.33. The van der Waals surface area contributed by atoms with E-state index in [0.29, 0.717) is 13.0 Å². The van der Waals surface area contributed by atoms with Gasteiger partial charge in [0.25, 0.3) is 0 Å². The number of nitrogens with zero attached hydrogens (tertiary/aromatic N) is 2. The lowest BCUT2D eigenvalue weighted by molar-refractivity contribution is 0.254. The fourth-order valence-corrected chi connectivity index (χ4v) is 2.70. The van der Waals surface area contributed by atoms with Crippen molar-refractivity contribution < 1.29 is 13.5 Å². The Morgan fingerprint density at radius 3 is 2.65 bits per heavy atom. The normalized spacial score (nSPS) is 13.8. The third-order valence-corrected chi connectivity index (χ3v) is 3.94. The molecule has 17 heavy (non-hydrogen) atoms. The molecule has 1 aromatic heterocycles. The predicted molar refractivity (Wildman–Crippen MR) is 63.8 cm³/mol. The van der Waals surface area contributed by atoms with E-state index in [1.54, 1.807) is 6.92 Å². The minimum Gasteiger partial charge on any atom is -0.395 e. The molecule has 1 aromatic rings. The van der Waals surface area contributed by atoms with Crippen molar-refractivity contribution in [1.82, 2.24) is 14.5 Å². The SMILES string of the molecule is CCC(CO)NS(=O)(=O)c1cn(CC)nc1N. The molecule has 0 amide bonds. The molecule has 0 radical (unpaired) electrons. The molecule has 0 spiro atoms. The summed E-state index contributed by atoms with van der Waals surface area (Å²) in [7, 11) is -3.72. The third kappa shape index (κ3) is 3.18. The van der Waals surface area contributed by atoms with Gasteiger partial charge in [0.2, 0.25) is 10.0 Å².